The van der Waals surface area contributed by atoms with Crippen molar-refractivity contribution in [2.24, 2.45) is 0 Å². The highest BCUT2D eigenvalue weighted by Crippen LogP contribution is 2.37. The van der Waals surface area contributed by atoms with Gasteiger partial charge in [0.15, 0.2) is 0 Å². The molecule has 1 amide bonds. The second kappa shape index (κ2) is 5.43. The van der Waals surface area contributed by atoms with Gasteiger partial charge in [-0.2, -0.15) is 0 Å². The number of nitrogens with zero attached hydrogens (tertiary/aromatic N) is 1. The molecule has 0 unspecified atom stereocenters. The Morgan fingerprint density at radius 3 is 2.75 bits per heavy atom. The van der Waals surface area contributed by atoms with E-state index in [1.807, 2.05) is 16.8 Å². The molecule has 1 saturated carbocycles. The molecule has 2 aromatic rings. The number of anilines is 1. The second-order valence-electron chi connectivity index (χ2n) is 4.76. The molecule has 3 nitrogen and oxygen atoms in total. The molecule has 1 fully saturated rings. The summed E-state index contributed by atoms with van der Waals surface area (Å²) >= 11 is 15.4. The van der Waals surface area contributed by atoms with E-state index >= 15 is 0 Å². The van der Waals surface area contributed by atoms with Crippen LogP contribution in [0.3, 0.4) is 0 Å². The number of amides is 1. The van der Waals surface area contributed by atoms with Crippen LogP contribution in [-0.4, -0.2) is 10.5 Å². The van der Waals surface area contributed by atoms with Crippen molar-refractivity contribution in [2.45, 2.75) is 18.9 Å². The van der Waals surface area contributed by atoms with E-state index in [2.05, 4.69) is 21.2 Å². The van der Waals surface area contributed by atoms with Crippen molar-refractivity contribution in [2.75, 3.05) is 5.32 Å². The van der Waals surface area contributed by atoms with Crippen LogP contribution >= 0.6 is 39.1 Å². The quantitative estimate of drug-likeness (QED) is 0.793. The second-order valence-corrected chi connectivity index (χ2v) is 6.52. The fraction of sp³-hybridized carbons (Fsp3) is 0.214. The molecule has 6 heteroatoms. The molecule has 3 rings (SSSR count). The molecular formula is C14H11BrCl2N2O. The number of halogens is 3. The molecule has 1 aromatic heterocycles. The van der Waals surface area contributed by atoms with Gasteiger partial charge in [-0.05, 0) is 53.0 Å². The van der Waals surface area contributed by atoms with E-state index in [0.717, 1.165) is 17.3 Å². The van der Waals surface area contributed by atoms with Gasteiger partial charge in [-0.25, -0.2) is 0 Å². The molecule has 0 aliphatic heterocycles. The number of carbonyl (C=O) groups excluding carboxylic acids is 1. The monoisotopic (exact) mass is 372 g/mol. The van der Waals surface area contributed by atoms with Crippen molar-refractivity contribution >= 4 is 50.7 Å². The molecule has 0 bridgehead atoms. The van der Waals surface area contributed by atoms with E-state index in [4.69, 9.17) is 23.2 Å². The van der Waals surface area contributed by atoms with Gasteiger partial charge in [0.05, 0.1) is 10.7 Å². The van der Waals surface area contributed by atoms with Crippen LogP contribution in [0.5, 0.6) is 0 Å². The number of aromatic nitrogens is 1. The Labute approximate surface area is 135 Å². The molecule has 1 aliphatic carbocycles. The summed E-state index contributed by atoms with van der Waals surface area (Å²) in [6.45, 7) is 0. The maximum absolute atomic E-state index is 12.4. The Balaban J connectivity index is 1.87. The molecule has 0 atom stereocenters. The minimum absolute atomic E-state index is 0.188. The molecular weight excluding hydrogens is 363 g/mol. The third-order valence-corrected chi connectivity index (χ3v) is 4.16. The number of carbonyl (C=O) groups is 1. The molecule has 1 N–H and O–H groups in total. The maximum atomic E-state index is 12.4. The Morgan fingerprint density at radius 2 is 2.05 bits per heavy atom. The Morgan fingerprint density at radius 1 is 1.30 bits per heavy atom. The summed E-state index contributed by atoms with van der Waals surface area (Å²) in [7, 11) is 0. The molecule has 104 valence electrons. The lowest BCUT2D eigenvalue weighted by Crippen LogP contribution is -2.16. The number of benzene rings is 1. The zero-order chi connectivity index (χ0) is 14.3. The van der Waals surface area contributed by atoms with Crippen molar-refractivity contribution < 1.29 is 4.79 Å². The Kier molecular flexibility index (Phi) is 3.80. The molecule has 1 aromatic carbocycles. The van der Waals surface area contributed by atoms with E-state index in [1.54, 1.807) is 18.2 Å². The van der Waals surface area contributed by atoms with Crippen LogP contribution in [0.4, 0.5) is 5.69 Å². The van der Waals surface area contributed by atoms with Crippen LogP contribution in [0.15, 0.2) is 34.9 Å². The van der Waals surface area contributed by atoms with Gasteiger partial charge >= 0.3 is 0 Å². The summed E-state index contributed by atoms with van der Waals surface area (Å²) in [5, 5.41) is 3.80. The SMILES string of the molecule is O=C(Nc1cc(Cl)ccc1Cl)c1cc(Br)cn1C1CC1. The number of rotatable bonds is 3. The first-order chi connectivity index (χ1) is 9.54. The maximum Gasteiger partial charge on any atom is 0.272 e. The summed E-state index contributed by atoms with van der Waals surface area (Å²) in [6, 6.07) is 7.23. The Hall–Kier alpha value is -0.970. The molecule has 0 radical (unpaired) electrons. The average Bonchev–Trinajstić information content (AvgIpc) is 3.17. The largest absolute Gasteiger partial charge is 0.339 e. The highest BCUT2D eigenvalue weighted by Gasteiger charge is 2.27. The van der Waals surface area contributed by atoms with Gasteiger partial charge < -0.3 is 9.88 Å². The molecule has 20 heavy (non-hydrogen) atoms. The van der Waals surface area contributed by atoms with Crippen molar-refractivity contribution in [1.29, 1.82) is 0 Å². The van der Waals surface area contributed by atoms with E-state index < -0.39 is 0 Å². The molecule has 1 heterocycles. The third kappa shape index (κ3) is 2.87. The fourth-order valence-electron chi connectivity index (χ4n) is 2.06. The van der Waals surface area contributed by atoms with E-state index in [-0.39, 0.29) is 5.91 Å². The predicted molar refractivity (Wildman–Crippen MR) is 84.8 cm³/mol. The first-order valence-electron chi connectivity index (χ1n) is 6.18. The molecule has 0 saturated heterocycles. The fourth-order valence-corrected chi connectivity index (χ4v) is 2.84. The average molecular weight is 374 g/mol. The smallest absolute Gasteiger partial charge is 0.272 e. The van der Waals surface area contributed by atoms with Crippen LogP contribution in [0.25, 0.3) is 0 Å². The van der Waals surface area contributed by atoms with Crippen molar-refractivity contribution in [3.05, 3.63) is 50.7 Å². The van der Waals surface area contributed by atoms with Crippen LogP contribution in [0.1, 0.15) is 29.4 Å². The van der Waals surface area contributed by atoms with Crippen LogP contribution in [0.2, 0.25) is 10.0 Å². The zero-order valence-electron chi connectivity index (χ0n) is 10.4. The van der Waals surface area contributed by atoms with Gasteiger partial charge in [0.1, 0.15) is 5.69 Å². The van der Waals surface area contributed by atoms with Crippen LogP contribution in [-0.2, 0) is 0 Å². The normalized spacial score (nSPS) is 14.3. The number of nitrogens with one attached hydrogen (secondary N) is 1. The topological polar surface area (TPSA) is 34.0 Å². The van der Waals surface area contributed by atoms with Crippen molar-refractivity contribution in [3.8, 4) is 0 Å². The van der Waals surface area contributed by atoms with E-state index in [0.29, 0.717) is 27.5 Å². The Bertz CT molecular complexity index is 680. The first-order valence-corrected chi connectivity index (χ1v) is 7.73. The number of hydrogen-bond acceptors (Lipinski definition) is 1. The lowest BCUT2D eigenvalue weighted by atomic mass is 10.3. The highest BCUT2D eigenvalue weighted by atomic mass is 79.9. The van der Waals surface area contributed by atoms with Gasteiger partial charge in [-0.3, -0.25) is 4.79 Å². The van der Waals surface area contributed by atoms with Gasteiger partial charge in [0.25, 0.3) is 5.91 Å². The van der Waals surface area contributed by atoms with Crippen molar-refractivity contribution in [3.63, 3.8) is 0 Å². The van der Waals surface area contributed by atoms with Gasteiger partial charge in [0, 0.05) is 21.7 Å². The van der Waals surface area contributed by atoms with E-state index in [9.17, 15) is 4.79 Å². The first kappa shape index (κ1) is 14.0. The molecule has 0 spiro atoms. The lowest BCUT2D eigenvalue weighted by molar-refractivity contribution is 0.101. The predicted octanol–water partition coefficient (Wildman–Crippen LogP) is 5.14. The minimum atomic E-state index is -0.188. The summed E-state index contributed by atoms with van der Waals surface area (Å²) < 4.78 is 2.89. The van der Waals surface area contributed by atoms with Crippen molar-refractivity contribution in [1.82, 2.24) is 4.57 Å². The van der Waals surface area contributed by atoms with E-state index in [1.165, 1.54) is 0 Å². The zero-order valence-corrected chi connectivity index (χ0v) is 13.5. The van der Waals surface area contributed by atoms with Crippen LogP contribution in [0, 0.1) is 0 Å². The third-order valence-electron chi connectivity index (χ3n) is 3.16. The summed E-state index contributed by atoms with van der Waals surface area (Å²) in [4.78, 5) is 12.4. The minimum Gasteiger partial charge on any atom is -0.339 e. The summed E-state index contributed by atoms with van der Waals surface area (Å²) in [5.41, 5.74) is 1.14. The summed E-state index contributed by atoms with van der Waals surface area (Å²) in [6.07, 6.45) is 4.16. The summed E-state index contributed by atoms with van der Waals surface area (Å²) in [5.74, 6) is -0.188. The van der Waals surface area contributed by atoms with Gasteiger partial charge in [-0.15, -0.1) is 0 Å². The number of hydrogen-bond donors (Lipinski definition) is 1. The highest BCUT2D eigenvalue weighted by molar-refractivity contribution is 9.10. The lowest BCUT2D eigenvalue weighted by Gasteiger charge is -2.10. The standard InChI is InChI=1S/C14H11BrCl2N2O/c15-8-5-13(19(7-8)10-2-3-10)14(20)18-12-6-9(16)1-4-11(12)17/h1,4-7,10H,2-3H2,(H,18,20). The van der Waals surface area contributed by atoms with Gasteiger partial charge in [0.2, 0.25) is 0 Å². The van der Waals surface area contributed by atoms with Crippen LogP contribution < -0.4 is 5.32 Å². The molecule has 1 aliphatic rings. The van der Waals surface area contributed by atoms with Gasteiger partial charge in [-0.1, -0.05) is 23.2 Å².